The zero-order valence-electron chi connectivity index (χ0n) is 12.8. The fourth-order valence-electron chi connectivity index (χ4n) is 2.03. The van der Waals surface area contributed by atoms with Crippen molar-refractivity contribution in [3.63, 3.8) is 0 Å². The first-order valence-electron chi connectivity index (χ1n) is 6.96. The summed E-state index contributed by atoms with van der Waals surface area (Å²) in [5.41, 5.74) is 6.62. The Hall–Kier alpha value is -1.51. The van der Waals surface area contributed by atoms with Gasteiger partial charge in [-0.1, -0.05) is 42.9 Å². The van der Waals surface area contributed by atoms with E-state index in [1.807, 2.05) is 20.8 Å². The second kappa shape index (κ2) is 6.72. The van der Waals surface area contributed by atoms with Crippen LogP contribution < -0.4 is 10.5 Å². The average Bonchev–Trinajstić information content (AvgIpc) is 2.84. The van der Waals surface area contributed by atoms with Crippen LogP contribution in [0.5, 0.6) is 0 Å². The maximum atomic E-state index is 12.5. The normalized spacial score (nSPS) is 13.5. The van der Waals surface area contributed by atoms with Crippen LogP contribution in [0.3, 0.4) is 0 Å². The van der Waals surface area contributed by atoms with Crippen molar-refractivity contribution in [3.05, 3.63) is 34.8 Å². The highest BCUT2D eigenvalue weighted by Crippen LogP contribution is 2.27. The molecule has 0 aliphatic heterocycles. The zero-order chi connectivity index (χ0) is 16.3. The molecule has 22 heavy (non-hydrogen) atoms. The van der Waals surface area contributed by atoms with Crippen LogP contribution in [0.15, 0.2) is 29.2 Å². The molecule has 0 fully saturated rings. The van der Waals surface area contributed by atoms with Crippen molar-refractivity contribution in [2.24, 2.45) is 5.92 Å². The molecule has 120 valence electrons. The third kappa shape index (κ3) is 4.25. The molecular weight excluding hydrogens is 320 g/mol. The van der Waals surface area contributed by atoms with Crippen LogP contribution in [0, 0.1) is 12.8 Å². The molecule has 1 unspecified atom stereocenters. The van der Waals surface area contributed by atoms with E-state index in [9.17, 15) is 8.42 Å². The molecule has 1 atom stereocenters. The molecule has 2 aromatic rings. The van der Waals surface area contributed by atoms with E-state index in [1.165, 1.54) is 11.3 Å². The van der Waals surface area contributed by atoms with Crippen molar-refractivity contribution < 1.29 is 8.42 Å². The van der Waals surface area contributed by atoms with Gasteiger partial charge in [-0.05, 0) is 31.4 Å². The molecule has 1 aromatic heterocycles. The topological polar surface area (TPSA) is 98.0 Å². The van der Waals surface area contributed by atoms with Gasteiger partial charge in [0.1, 0.15) is 5.01 Å². The molecule has 0 saturated heterocycles. The summed E-state index contributed by atoms with van der Waals surface area (Å²) in [7, 11) is -3.61. The highest BCUT2D eigenvalue weighted by Gasteiger charge is 2.25. The van der Waals surface area contributed by atoms with Crippen LogP contribution in [0.1, 0.15) is 36.9 Å². The smallest absolute Gasteiger partial charge is 0.241 e. The second-order valence-electron chi connectivity index (χ2n) is 5.60. The number of hydrogen-bond acceptors (Lipinski definition) is 6. The van der Waals surface area contributed by atoms with Gasteiger partial charge >= 0.3 is 0 Å². The first-order valence-corrected chi connectivity index (χ1v) is 9.26. The van der Waals surface area contributed by atoms with Gasteiger partial charge in [-0.15, -0.1) is 10.2 Å². The number of nitrogens with zero attached hydrogens (tertiary/aromatic N) is 2. The van der Waals surface area contributed by atoms with E-state index in [4.69, 9.17) is 5.73 Å². The maximum absolute atomic E-state index is 12.5. The summed E-state index contributed by atoms with van der Waals surface area (Å²) in [6.07, 6.45) is 0.625. The molecule has 0 amide bonds. The number of nitrogens with two attached hydrogens (primary N) is 1. The molecule has 2 rings (SSSR count). The van der Waals surface area contributed by atoms with Gasteiger partial charge in [-0.3, -0.25) is 0 Å². The molecule has 0 aliphatic carbocycles. The van der Waals surface area contributed by atoms with Gasteiger partial charge in [0.15, 0.2) is 0 Å². The molecule has 0 radical (unpaired) electrons. The third-order valence-corrected chi connectivity index (χ3v) is 5.44. The summed E-state index contributed by atoms with van der Waals surface area (Å²) in [6.45, 7) is 5.96. The summed E-state index contributed by atoms with van der Waals surface area (Å²) in [6, 6.07) is 6.31. The average molecular weight is 340 g/mol. The number of rotatable bonds is 6. The Morgan fingerprint density at radius 3 is 2.36 bits per heavy atom. The van der Waals surface area contributed by atoms with Crippen molar-refractivity contribution in [2.45, 2.75) is 38.1 Å². The standard InChI is InChI=1S/C14H20N4O2S2/c1-9(2)8-12(13-16-17-14(15)21-13)18-22(19,20)11-6-4-10(3)5-7-11/h4-7,9,12,18H,8H2,1-3H3,(H2,15,17). The van der Waals surface area contributed by atoms with Crippen molar-refractivity contribution in [3.8, 4) is 0 Å². The van der Waals surface area contributed by atoms with Crippen LogP contribution in [-0.2, 0) is 10.0 Å². The number of aryl methyl sites for hydroxylation is 1. The lowest BCUT2D eigenvalue weighted by molar-refractivity contribution is 0.469. The van der Waals surface area contributed by atoms with E-state index in [0.29, 0.717) is 22.5 Å². The summed E-state index contributed by atoms with van der Waals surface area (Å²) in [5, 5.41) is 8.67. The first kappa shape index (κ1) is 16.9. The van der Waals surface area contributed by atoms with Gasteiger partial charge < -0.3 is 5.73 Å². The number of nitrogens with one attached hydrogen (secondary N) is 1. The van der Waals surface area contributed by atoms with E-state index >= 15 is 0 Å². The molecule has 0 bridgehead atoms. The Kier molecular flexibility index (Phi) is 5.15. The van der Waals surface area contributed by atoms with Crippen LogP contribution in [0.4, 0.5) is 5.13 Å². The van der Waals surface area contributed by atoms with Gasteiger partial charge in [0.2, 0.25) is 15.2 Å². The van der Waals surface area contributed by atoms with Crippen molar-refractivity contribution in [1.29, 1.82) is 0 Å². The van der Waals surface area contributed by atoms with Gasteiger partial charge in [-0.2, -0.15) is 0 Å². The minimum atomic E-state index is -3.61. The van der Waals surface area contributed by atoms with E-state index < -0.39 is 16.1 Å². The zero-order valence-corrected chi connectivity index (χ0v) is 14.4. The summed E-state index contributed by atoms with van der Waals surface area (Å²) < 4.78 is 27.8. The molecule has 0 saturated carbocycles. The molecule has 3 N–H and O–H groups in total. The monoisotopic (exact) mass is 340 g/mol. The lowest BCUT2D eigenvalue weighted by atomic mass is 10.1. The highest BCUT2D eigenvalue weighted by molar-refractivity contribution is 7.89. The molecular formula is C14H20N4O2S2. The highest BCUT2D eigenvalue weighted by atomic mass is 32.2. The predicted molar refractivity (Wildman–Crippen MR) is 88.0 cm³/mol. The fraction of sp³-hybridized carbons (Fsp3) is 0.429. The van der Waals surface area contributed by atoms with Gasteiger partial charge in [0.05, 0.1) is 10.9 Å². The molecule has 0 spiro atoms. The maximum Gasteiger partial charge on any atom is 0.241 e. The second-order valence-corrected chi connectivity index (χ2v) is 8.35. The number of hydrogen-bond donors (Lipinski definition) is 2. The predicted octanol–water partition coefficient (Wildman–Crippen LogP) is 2.49. The first-order chi connectivity index (χ1) is 10.3. The van der Waals surface area contributed by atoms with Gasteiger partial charge in [0.25, 0.3) is 0 Å². The van der Waals surface area contributed by atoms with Gasteiger partial charge in [0, 0.05) is 0 Å². The number of anilines is 1. The Bertz CT molecular complexity index is 724. The van der Waals surface area contributed by atoms with Crippen LogP contribution >= 0.6 is 11.3 Å². The molecule has 1 heterocycles. The number of benzene rings is 1. The number of aromatic nitrogens is 2. The minimum Gasteiger partial charge on any atom is -0.374 e. The van der Waals surface area contributed by atoms with Crippen LogP contribution in [-0.4, -0.2) is 18.6 Å². The number of nitrogen functional groups attached to an aromatic ring is 1. The van der Waals surface area contributed by atoms with Crippen molar-refractivity contribution >= 4 is 26.5 Å². The lowest BCUT2D eigenvalue weighted by Crippen LogP contribution is -2.29. The Morgan fingerprint density at radius 1 is 1.23 bits per heavy atom. The van der Waals surface area contributed by atoms with Crippen molar-refractivity contribution in [1.82, 2.24) is 14.9 Å². The van der Waals surface area contributed by atoms with Crippen molar-refractivity contribution in [2.75, 3.05) is 5.73 Å². The lowest BCUT2D eigenvalue weighted by Gasteiger charge is -2.18. The number of sulfonamides is 1. The summed E-state index contributed by atoms with van der Waals surface area (Å²) in [5.74, 6) is 0.302. The minimum absolute atomic E-state index is 0.240. The summed E-state index contributed by atoms with van der Waals surface area (Å²) in [4.78, 5) is 0.240. The SMILES string of the molecule is Cc1ccc(S(=O)(=O)NC(CC(C)C)c2nnc(N)s2)cc1. The summed E-state index contributed by atoms with van der Waals surface area (Å²) >= 11 is 1.20. The van der Waals surface area contributed by atoms with E-state index in [0.717, 1.165) is 5.56 Å². The quantitative estimate of drug-likeness (QED) is 0.842. The molecule has 1 aromatic carbocycles. The fourth-order valence-corrected chi connectivity index (χ4v) is 3.99. The Morgan fingerprint density at radius 2 is 1.86 bits per heavy atom. The third-order valence-electron chi connectivity index (χ3n) is 3.09. The molecule has 0 aliphatic rings. The molecule has 8 heteroatoms. The van der Waals surface area contributed by atoms with E-state index in [2.05, 4.69) is 14.9 Å². The van der Waals surface area contributed by atoms with E-state index in [-0.39, 0.29) is 4.90 Å². The Labute approximate surface area is 134 Å². The van der Waals surface area contributed by atoms with Crippen LogP contribution in [0.25, 0.3) is 0 Å². The molecule has 6 nitrogen and oxygen atoms in total. The Balaban J connectivity index is 2.27. The largest absolute Gasteiger partial charge is 0.374 e. The van der Waals surface area contributed by atoms with Crippen LogP contribution in [0.2, 0.25) is 0 Å². The van der Waals surface area contributed by atoms with E-state index in [1.54, 1.807) is 24.3 Å². The van der Waals surface area contributed by atoms with Gasteiger partial charge in [-0.25, -0.2) is 13.1 Å².